The monoisotopic (exact) mass is 272 g/mol. The molecule has 6 nitrogen and oxygen atoms in total. The van der Waals surface area contributed by atoms with Crippen LogP contribution in [-0.2, 0) is 9.53 Å². The molecule has 0 bridgehead atoms. The summed E-state index contributed by atoms with van der Waals surface area (Å²) in [5, 5.41) is 11.6. The highest BCUT2D eigenvalue weighted by Gasteiger charge is 2.22. The molecule has 1 aliphatic rings. The number of amides is 2. The van der Waals surface area contributed by atoms with Gasteiger partial charge in [0.2, 0.25) is 0 Å². The van der Waals surface area contributed by atoms with Crippen LogP contribution in [0.5, 0.6) is 0 Å². The van der Waals surface area contributed by atoms with Crippen LogP contribution in [0.4, 0.5) is 4.79 Å². The van der Waals surface area contributed by atoms with E-state index >= 15 is 0 Å². The highest BCUT2D eigenvalue weighted by atomic mass is 16.5. The van der Waals surface area contributed by atoms with Gasteiger partial charge in [-0.05, 0) is 32.6 Å². The number of carboxylic acids is 1. The van der Waals surface area contributed by atoms with E-state index in [1.807, 2.05) is 13.8 Å². The molecule has 6 heteroatoms. The number of ether oxygens (including phenoxy) is 1. The summed E-state index contributed by atoms with van der Waals surface area (Å²) >= 11 is 0. The van der Waals surface area contributed by atoms with Crippen molar-refractivity contribution in [1.29, 1.82) is 0 Å². The van der Waals surface area contributed by atoms with Crippen LogP contribution >= 0.6 is 0 Å². The number of carboxylic acid groups (broad SMARTS) is 1. The predicted octanol–water partition coefficient (Wildman–Crippen LogP) is 1.45. The Labute approximate surface area is 114 Å². The first-order chi connectivity index (χ1) is 9.04. The molecule has 0 saturated carbocycles. The number of hydrogen-bond acceptors (Lipinski definition) is 3. The van der Waals surface area contributed by atoms with Crippen molar-refractivity contribution < 1.29 is 19.4 Å². The number of hydrogen-bond donors (Lipinski definition) is 2. The Kier molecular flexibility index (Phi) is 6.62. The molecule has 1 saturated heterocycles. The quantitative estimate of drug-likeness (QED) is 0.735. The molecule has 110 valence electrons. The van der Waals surface area contributed by atoms with E-state index < -0.39 is 5.97 Å². The smallest absolute Gasteiger partial charge is 0.323 e. The topological polar surface area (TPSA) is 78.9 Å². The molecule has 0 aliphatic carbocycles. The summed E-state index contributed by atoms with van der Waals surface area (Å²) in [6.45, 7) is 4.84. The third kappa shape index (κ3) is 5.46. The van der Waals surface area contributed by atoms with Crippen molar-refractivity contribution in [1.82, 2.24) is 10.2 Å². The maximum absolute atomic E-state index is 12.0. The number of urea groups is 1. The molecule has 2 amide bonds. The van der Waals surface area contributed by atoms with E-state index in [4.69, 9.17) is 9.84 Å². The molecule has 2 atom stereocenters. The summed E-state index contributed by atoms with van der Waals surface area (Å²) in [5.74, 6) is -0.991. The number of aliphatic carboxylic acids is 1. The fourth-order valence-corrected chi connectivity index (χ4v) is 2.11. The van der Waals surface area contributed by atoms with Crippen LogP contribution in [0.3, 0.4) is 0 Å². The first-order valence-corrected chi connectivity index (χ1v) is 6.92. The zero-order valence-electron chi connectivity index (χ0n) is 11.7. The fraction of sp³-hybridized carbons (Fsp3) is 0.846. The molecule has 1 fully saturated rings. The molecule has 0 radical (unpaired) electrons. The van der Waals surface area contributed by atoms with Gasteiger partial charge in [-0.25, -0.2) is 4.79 Å². The Morgan fingerprint density at radius 1 is 1.53 bits per heavy atom. The first-order valence-electron chi connectivity index (χ1n) is 6.92. The Bertz CT molecular complexity index is 303. The molecule has 2 N–H and O–H groups in total. The van der Waals surface area contributed by atoms with Crippen molar-refractivity contribution in [2.24, 2.45) is 0 Å². The molecular formula is C13H24N2O4. The van der Waals surface area contributed by atoms with Crippen LogP contribution < -0.4 is 5.32 Å². The maximum atomic E-state index is 12.0. The highest BCUT2D eigenvalue weighted by molar-refractivity contribution is 5.80. The fourth-order valence-electron chi connectivity index (χ4n) is 2.11. The minimum absolute atomic E-state index is 0.0844. The Hall–Kier alpha value is -1.30. The van der Waals surface area contributed by atoms with E-state index in [1.54, 1.807) is 0 Å². The molecule has 0 aromatic carbocycles. The van der Waals surface area contributed by atoms with Gasteiger partial charge in [0.1, 0.15) is 6.54 Å². The molecule has 1 heterocycles. The molecule has 2 unspecified atom stereocenters. The van der Waals surface area contributed by atoms with Crippen LogP contribution in [0, 0.1) is 0 Å². The first kappa shape index (κ1) is 15.8. The minimum Gasteiger partial charge on any atom is -0.480 e. The van der Waals surface area contributed by atoms with E-state index in [0.29, 0.717) is 6.54 Å². The SMILES string of the molecule is CCC(C)N(CC(=O)O)C(=O)NCCC1CCCO1. The van der Waals surface area contributed by atoms with Gasteiger partial charge in [0, 0.05) is 19.2 Å². The van der Waals surface area contributed by atoms with Crippen molar-refractivity contribution >= 4 is 12.0 Å². The molecule has 0 aromatic heterocycles. The summed E-state index contributed by atoms with van der Waals surface area (Å²) in [7, 11) is 0. The zero-order chi connectivity index (χ0) is 14.3. The lowest BCUT2D eigenvalue weighted by atomic mass is 10.2. The van der Waals surface area contributed by atoms with E-state index in [-0.39, 0.29) is 24.7 Å². The second kappa shape index (κ2) is 7.99. The lowest BCUT2D eigenvalue weighted by molar-refractivity contribution is -0.138. The highest BCUT2D eigenvalue weighted by Crippen LogP contribution is 2.14. The second-order valence-electron chi connectivity index (χ2n) is 4.93. The number of nitrogens with zero attached hydrogens (tertiary/aromatic N) is 1. The van der Waals surface area contributed by atoms with Gasteiger partial charge in [-0.1, -0.05) is 6.92 Å². The molecule has 0 spiro atoms. The summed E-state index contributed by atoms with van der Waals surface area (Å²) in [6, 6.07) is -0.395. The molecule has 19 heavy (non-hydrogen) atoms. The van der Waals surface area contributed by atoms with E-state index in [9.17, 15) is 9.59 Å². The van der Waals surface area contributed by atoms with Gasteiger partial charge < -0.3 is 20.1 Å². The summed E-state index contributed by atoms with van der Waals surface area (Å²) < 4.78 is 5.47. The summed E-state index contributed by atoms with van der Waals surface area (Å²) in [4.78, 5) is 24.1. The van der Waals surface area contributed by atoms with Crippen LogP contribution in [0.1, 0.15) is 39.5 Å². The average molecular weight is 272 g/mol. The van der Waals surface area contributed by atoms with E-state index in [2.05, 4.69) is 5.32 Å². The van der Waals surface area contributed by atoms with Gasteiger partial charge in [-0.3, -0.25) is 4.79 Å². The third-order valence-electron chi connectivity index (χ3n) is 3.46. The third-order valence-corrected chi connectivity index (χ3v) is 3.46. The van der Waals surface area contributed by atoms with Crippen molar-refractivity contribution in [3.8, 4) is 0 Å². The van der Waals surface area contributed by atoms with E-state index in [0.717, 1.165) is 32.3 Å². The molecule has 1 aliphatic heterocycles. The van der Waals surface area contributed by atoms with Crippen molar-refractivity contribution in [3.63, 3.8) is 0 Å². The van der Waals surface area contributed by atoms with Crippen LogP contribution in [0.2, 0.25) is 0 Å². The largest absolute Gasteiger partial charge is 0.480 e. The standard InChI is InChI=1S/C13H24N2O4/c1-3-10(2)15(9-12(16)17)13(18)14-7-6-11-5-4-8-19-11/h10-11H,3-9H2,1-2H3,(H,14,18)(H,16,17). The number of carbonyl (C=O) groups excluding carboxylic acids is 1. The number of nitrogens with one attached hydrogen (secondary N) is 1. The Morgan fingerprint density at radius 2 is 2.26 bits per heavy atom. The maximum Gasteiger partial charge on any atom is 0.323 e. The van der Waals surface area contributed by atoms with Gasteiger partial charge in [0.25, 0.3) is 0 Å². The normalized spacial score (nSPS) is 20.0. The molecular weight excluding hydrogens is 248 g/mol. The Balaban J connectivity index is 2.35. The van der Waals surface area contributed by atoms with Gasteiger partial charge in [-0.15, -0.1) is 0 Å². The van der Waals surface area contributed by atoms with Crippen molar-refractivity contribution in [3.05, 3.63) is 0 Å². The average Bonchev–Trinajstić information content (AvgIpc) is 2.87. The van der Waals surface area contributed by atoms with Crippen LogP contribution in [0.25, 0.3) is 0 Å². The lowest BCUT2D eigenvalue weighted by Gasteiger charge is -2.27. The minimum atomic E-state index is -0.991. The molecule has 0 aromatic rings. The van der Waals surface area contributed by atoms with Gasteiger partial charge in [-0.2, -0.15) is 0 Å². The second-order valence-corrected chi connectivity index (χ2v) is 4.93. The summed E-state index contributed by atoms with van der Waals surface area (Å²) in [6.07, 6.45) is 3.87. The van der Waals surface area contributed by atoms with Crippen LogP contribution in [-0.4, -0.2) is 53.8 Å². The number of carbonyl (C=O) groups is 2. The van der Waals surface area contributed by atoms with Gasteiger partial charge >= 0.3 is 12.0 Å². The summed E-state index contributed by atoms with van der Waals surface area (Å²) in [5.41, 5.74) is 0. The zero-order valence-corrected chi connectivity index (χ0v) is 11.7. The predicted molar refractivity (Wildman–Crippen MR) is 71.1 cm³/mol. The van der Waals surface area contributed by atoms with Crippen molar-refractivity contribution in [2.45, 2.75) is 51.7 Å². The lowest BCUT2D eigenvalue weighted by Crippen LogP contribution is -2.47. The molecule has 1 rings (SSSR count). The van der Waals surface area contributed by atoms with Crippen LogP contribution in [0.15, 0.2) is 0 Å². The van der Waals surface area contributed by atoms with Gasteiger partial charge in [0.05, 0.1) is 6.10 Å². The van der Waals surface area contributed by atoms with Gasteiger partial charge in [0.15, 0.2) is 0 Å². The van der Waals surface area contributed by atoms with E-state index in [1.165, 1.54) is 4.90 Å². The number of rotatable bonds is 7. The Morgan fingerprint density at radius 3 is 2.79 bits per heavy atom. The van der Waals surface area contributed by atoms with Crippen molar-refractivity contribution in [2.75, 3.05) is 19.7 Å².